The summed E-state index contributed by atoms with van der Waals surface area (Å²) < 4.78 is 0. The first kappa shape index (κ1) is 16.2. The van der Waals surface area contributed by atoms with Crippen molar-refractivity contribution < 1.29 is 9.59 Å². The van der Waals surface area contributed by atoms with Crippen LogP contribution >= 0.6 is 11.3 Å². The molecule has 0 saturated heterocycles. The van der Waals surface area contributed by atoms with Gasteiger partial charge in [0, 0.05) is 24.0 Å². The maximum absolute atomic E-state index is 12.0. The van der Waals surface area contributed by atoms with Crippen LogP contribution in [0.2, 0.25) is 0 Å². The lowest BCUT2D eigenvalue weighted by Gasteiger charge is -2.16. The molecule has 0 spiro atoms. The molecule has 0 unspecified atom stereocenters. The molecule has 2 amide bonds. The van der Waals surface area contributed by atoms with Crippen LogP contribution in [0.4, 0.5) is 5.69 Å². The van der Waals surface area contributed by atoms with Gasteiger partial charge < -0.3 is 10.2 Å². The molecule has 0 fully saturated rings. The van der Waals surface area contributed by atoms with Crippen molar-refractivity contribution in [2.45, 2.75) is 19.3 Å². The first-order valence-electron chi connectivity index (χ1n) is 7.26. The third-order valence-electron chi connectivity index (χ3n) is 3.26. The molecule has 4 nitrogen and oxygen atoms in total. The van der Waals surface area contributed by atoms with E-state index in [-0.39, 0.29) is 18.4 Å². The van der Waals surface area contributed by atoms with Crippen molar-refractivity contribution in [2.75, 3.05) is 18.9 Å². The number of benzene rings is 1. The molecule has 1 heterocycles. The minimum absolute atomic E-state index is 0.000215. The van der Waals surface area contributed by atoms with Gasteiger partial charge >= 0.3 is 0 Å². The number of hydrogen-bond donors (Lipinski definition) is 1. The molecule has 2 rings (SSSR count). The Labute approximate surface area is 134 Å². The summed E-state index contributed by atoms with van der Waals surface area (Å²) in [5, 5.41) is 4.81. The van der Waals surface area contributed by atoms with E-state index < -0.39 is 0 Å². The Balaban J connectivity index is 1.70. The van der Waals surface area contributed by atoms with Gasteiger partial charge in [-0.2, -0.15) is 0 Å². The van der Waals surface area contributed by atoms with Gasteiger partial charge in [0.2, 0.25) is 11.8 Å². The van der Waals surface area contributed by atoms with E-state index in [1.54, 1.807) is 18.4 Å². The number of rotatable bonds is 7. The van der Waals surface area contributed by atoms with Gasteiger partial charge in [-0.1, -0.05) is 24.3 Å². The predicted molar refractivity (Wildman–Crippen MR) is 90.0 cm³/mol. The number of hydrogen-bond acceptors (Lipinski definition) is 3. The van der Waals surface area contributed by atoms with E-state index in [0.29, 0.717) is 6.42 Å². The quantitative estimate of drug-likeness (QED) is 0.853. The fraction of sp³-hybridized carbons (Fsp3) is 0.294. The molecule has 0 aliphatic heterocycles. The van der Waals surface area contributed by atoms with Crippen LogP contribution in [0.25, 0.3) is 0 Å². The number of likely N-dealkylation sites (N-methyl/N-ethyl adjacent to an activating group) is 1. The molecule has 0 aliphatic carbocycles. The Morgan fingerprint density at radius 2 is 1.91 bits per heavy atom. The molecule has 1 aromatic carbocycles. The van der Waals surface area contributed by atoms with E-state index in [4.69, 9.17) is 0 Å². The largest absolute Gasteiger partial charge is 0.336 e. The molecule has 1 aromatic heterocycles. The molecule has 22 heavy (non-hydrogen) atoms. The van der Waals surface area contributed by atoms with Gasteiger partial charge in [-0.15, -0.1) is 11.3 Å². The number of nitrogens with zero attached hydrogens (tertiary/aromatic N) is 1. The van der Waals surface area contributed by atoms with Gasteiger partial charge in [0.1, 0.15) is 0 Å². The number of carbonyl (C=O) groups excluding carboxylic acids is 2. The van der Waals surface area contributed by atoms with Crippen molar-refractivity contribution >= 4 is 28.8 Å². The van der Waals surface area contributed by atoms with E-state index >= 15 is 0 Å². The smallest absolute Gasteiger partial charge is 0.243 e. The maximum atomic E-state index is 12.0. The highest BCUT2D eigenvalue weighted by molar-refractivity contribution is 7.09. The highest BCUT2D eigenvalue weighted by Crippen LogP contribution is 2.12. The van der Waals surface area contributed by atoms with E-state index in [1.165, 1.54) is 9.78 Å². The SMILES string of the molecule is CN(CC(=O)Nc1ccccc1)C(=O)CCCc1cccs1. The van der Waals surface area contributed by atoms with E-state index in [0.717, 1.165) is 18.5 Å². The molecule has 0 radical (unpaired) electrons. The monoisotopic (exact) mass is 316 g/mol. The van der Waals surface area contributed by atoms with Gasteiger partial charge in [-0.25, -0.2) is 0 Å². The second-order valence-electron chi connectivity index (χ2n) is 5.10. The Morgan fingerprint density at radius 3 is 2.59 bits per heavy atom. The van der Waals surface area contributed by atoms with Gasteiger partial charge in [0.05, 0.1) is 6.54 Å². The van der Waals surface area contributed by atoms with Crippen LogP contribution in [0.3, 0.4) is 0 Å². The lowest BCUT2D eigenvalue weighted by molar-refractivity contribution is -0.133. The Kier molecular flexibility index (Phi) is 6.15. The average molecular weight is 316 g/mol. The number of para-hydroxylation sites is 1. The highest BCUT2D eigenvalue weighted by Gasteiger charge is 2.12. The topological polar surface area (TPSA) is 49.4 Å². The van der Waals surface area contributed by atoms with Crippen molar-refractivity contribution in [1.29, 1.82) is 0 Å². The summed E-state index contributed by atoms with van der Waals surface area (Å²) in [5.74, 6) is -0.180. The van der Waals surface area contributed by atoms with Crippen molar-refractivity contribution in [3.63, 3.8) is 0 Å². The fourth-order valence-corrected chi connectivity index (χ4v) is 2.84. The van der Waals surface area contributed by atoms with Crippen LogP contribution in [-0.2, 0) is 16.0 Å². The van der Waals surface area contributed by atoms with Crippen molar-refractivity contribution in [2.24, 2.45) is 0 Å². The van der Waals surface area contributed by atoms with Gasteiger partial charge in [-0.3, -0.25) is 9.59 Å². The third-order valence-corrected chi connectivity index (χ3v) is 4.19. The van der Waals surface area contributed by atoms with Gasteiger partial charge in [0.25, 0.3) is 0 Å². The Morgan fingerprint density at radius 1 is 1.14 bits per heavy atom. The normalized spacial score (nSPS) is 10.2. The fourth-order valence-electron chi connectivity index (χ4n) is 2.09. The maximum Gasteiger partial charge on any atom is 0.243 e. The number of amides is 2. The van der Waals surface area contributed by atoms with Gasteiger partial charge in [-0.05, 0) is 36.4 Å². The molecule has 0 atom stereocenters. The molecule has 116 valence electrons. The first-order valence-corrected chi connectivity index (χ1v) is 8.14. The Hall–Kier alpha value is -2.14. The van der Waals surface area contributed by atoms with Crippen LogP contribution in [0.5, 0.6) is 0 Å². The lowest BCUT2D eigenvalue weighted by Crippen LogP contribution is -2.34. The summed E-state index contributed by atoms with van der Waals surface area (Å²) in [6.07, 6.45) is 2.18. The average Bonchev–Trinajstić information content (AvgIpc) is 3.01. The number of anilines is 1. The number of nitrogens with one attached hydrogen (secondary N) is 1. The van der Waals surface area contributed by atoms with Crippen molar-refractivity contribution in [3.05, 3.63) is 52.7 Å². The summed E-state index contributed by atoms with van der Waals surface area (Å²) in [7, 11) is 1.66. The van der Waals surface area contributed by atoms with Crippen LogP contribution < -0.4 is 5.32 Å². The minimum atomic E-state index is -0.180. The zero-order chi connectivity index (χ0) is 15.8. The number of thiophene rings is 1. The molecule has 2 aromatic rings. The molecule has 0 bridgehead atoms. The van der Waals surface area contributed by atoms with Gasteiger partial charge in [0.15, 0.2) is 0 Å². The second-order valence-corrected chi connectivity index (χ2v) is 6.13. The highest BCUT2D eigenvalue weighted by atomic mass is 32.1. The van der Waals surface area contributed by atoms with E-state index in [9.17, 15) is 9.59 Å². The van der Waals surface area contributed by atoms with Crippen LogP contribution in [0, 0.1) is 0 Å². The van der Waals surface area contributed by atoms with Crippen molar-refractivity contribution in [3.8, 4) is 0 Å². The standard InChI is InChI=1S/C17H20N2O2S/c1-19(13-16(20)18-14-7-3-2-4-8-14)17(21)11-5-9-15-10-6-12-22-15/h2-4,6-8,10,12H,5,9,11,13H2,1H3,(H,18,20). The molecule has 0 aliphatic rings. The van der Waals surface area contributed by atoms with Crippen molar-refractivity contribution in [1.82, 2.24) is 4.90 Å². The molecular weight excluding hydrogens is 296 g/mol. The summed E-state index contributed by atoms with van der Waals surface area (Å²) in [4.78, 5) is 26.7. The summed E-state index contributed by atoms with van der Waals surface area (Å²) in [5.41, 5.74) is 0.742. The molecular formula is C17H20N2O2S. The number of aryl methyl sites for hydroxylation is 1. The molecule has 5 heteroatoms. The third kappa shape index (κ3) is 5.33. The zero-order valence-corrected chi connectivity index (χ0v) is 13.4. The van der Waals surface area contributed by atoms with E-state index in [2.05, 4.69) is 11.4 Å². The molecule has 1 N–H and O–H groups in total. The second kappa shape index (κ2) is 8.34. The van der Waals surface area contributed by atoms with Crippen LogP contribution in [0.1, 0.15) is 17.7 Å². The predicted octanol–water partition coefficient (Wildman–Crippen LogP) is 3.17. The molecule has 0 saturated carbocycles. The summed E-state index contributed by atoms with van der Waals surface area (Å²) >= 11 is 1.71. The first-order chi connectivity index (χ1) is 10.6. The van der Waals surface area contributed by atoms with E-state index in [1.807, 2.05) is 41.8 Å². The Bertz CT molecular complexity index is 596. The number of carbonyl (C=O) groups is 2. The minimum Gasteiger partial charge on any atom is -0.336 e. The zero-order valence-electron chi connectivity index (χ0n) is 12.6. The lowest BCUT2D eigenvalue weighted by atomic mass is 10.2. The van der Waals surface area contributed by atoms with Crippen LogP contribution in [0.15, 0.2) is 47.8 Å². The summed E-state index contributed by atoms with van der Waals surface area (Å²) in [6, 6.07) is 13.3. The summed E-state index contributed by atoms with van der Waals surface area (Å²) in [6.45, 7) is 0.0761. The van der Waals surface area contributed by atoms with Crippen LogP contribution in [-0.4, -0.2) is 30.3 Å².